The van der Waals surface area contributed by atoms with E-state index in [1.54, 1.807) is 97.1 Å². The molecule has 0 spiro atoms. The third kappa shape index (κ3) is 7.68. The third-order valence-electron chi connectivity index (χ3n) is 5.51. The first-order valence-corrected chi connectivity index (χ1v) is 12.8. The molecule has 2 N–H and O–H groups in total. The van der Waals surface area contributed by atoms with Crippen molar-refractivity contribution in [3.8, 4) is 0 Å². The van der Waals surface area contributed by atoms with Crippen molar-refractivity contribution < 1.29 is 14.4 Å². The number of benzene rings is 4. The molecule has 0 aliphatic heterocycles. The van der Waals surface area contributed by atoms with Gasteiger partial charge in [0, 0.05) is 21.8 Å². The average Bonchev–Trinajstić information content (AvgIpc) is 2.94. The second-order valence-corrected chi connectivity index (χ2v) is 9.53. The molecule has 4 rings (SSSR count). The first-order chi connectivity index (χ1) is 18.8. The monoisotopic (exact) mass is 574 g/mol. The van der Waals surface area contributed by atoms with Gasteiger partial charge in [0.15, 0.2) is 5.78 Å². The van der Waals surface area contributed by atoms with E-state index in [-0.39, 0.29) is 16.5 Å². The zero-order chi connectivity index (χ0) is 27.8. The number of allylic oxidation sites excluding steroid dienone is 1. The highest BCUT2D eigenvalue weighted by Gasteiger charge is 2.16. The molecule has 0 bridgehead atoms. The van der Waals surface area contributed by atoms with Gasteiger partial charge in [-0.05, 0) is 77.9 Å². The Hall–Kier alpha value is -4.16. The maximum Gasteiger partial charge on any atom is 0.272 e. The predicted octanol–water partition coefficient (Wildman–Crippen LogP) is 7.95. The summed E-state index contributed by atoms with van der Waals surface area (Å²) in [6.07, 6.45) is 4.58. The molecule has 2 amide bonds. The average molecular weight is 576 g/mol. The number of halogens is 3. The Morgan fingerprint density at radius 2 is 1.44 bits per heavy atom. The fourth-order valence-corrected chi connectivity index (χ4v) is 4.09. The number of hydrogen-bond donors (Lipinski definition) is 2. The number of ketones is 1. The van der Waals surface area contributed by atoms with Crippen LogP contribution in [-0.2, 0) is 4.79 Å². The van der Waals surface area contributed by atoms with Crippen LogP contribution in [0, 0.1) is 0 Å². The lowest BCUT2D eigenvalue weighted by molar-refractivity contribution is -0.113. The zero-order valence-corrected chi connectivity index (χ0v) is 22.6. The van der Waals surface area contributed by atoms with Crippen molar-refractivity contribution in [3.05, 3.63) is 146 Å². The Kier molecular flexibility index (Phi) is 9.34. The van der Waals surface area contributed by atoms with Crippen molar-refractivity contribution in [2.45, 2.75) is 0 Å². The molecule has 194 valence electrons. The molecular formula is C31H21Cl3N2O3. The van der Waals surface area contributed by atoms with Gasteiger partial charge in [-0.2, -0.15) is 0 Å². The molecular weight excluding hydrogens is 555 g/mol. The van der Waals surface area contributed by atoms with Crippen LogP contribution in [0.1, 0.15) is 31.8 Å². The van der Waals surface area contributed by atoms with Crippen LogP contribution in [-0.4, -0.2) is 17.6 Å². The minimum Gasteiger partial charge on any atom is -0.321 e. The van der Waals surface area contributed by atoms with E-state index in [0.29, 0.717) is 32.4 Å². The second-order valence-electron chi connectivity index (χ2n) is 8.31. The van der Waals surface area contributed by atoms with E-state index >= 15 is 0 Å². The van der Waals surface area contributed by atoms with E-state index in [9.17, 15) is 14.4 Å². The minimum absolute atomic E-state index is 0.0439. The fraction of sp³-hybridized carbons (Fsp3) is 0. The summed E-state index contributed by atoms with van der Waals surface area (Å²) in [6, 6.07) is 27.0. The van der Waals surface area contributed by atoms with Crippen molar-refractivity contribution in [2.75, 3.05) is 5.32 Å². The van der Waals surface area contributed by atoms with Crippen LogP contribution in [0.4, 0.5) is 5.69 Å². The molecule has 0 aliphatic rings. The summed E-state index contributed by atoms with van der Waals surface area (Å²) in [4.78, 5) is 38.6. The number of nitrogens with one attached hydrogen (secondary N) is 2. The smallest absolute Gasteiger partial charge is 0.272 e. The SMILES string of the molecule is O=C(Nc1ccc(C(=O)/C=C/c2cccc(Cl)c2)cc1)/C(=C/c1cccc(Cl)c1Cl)NC(=O)c1ccccc1. The normalized spacial score (nSPS) is 11.3. The van der Waals surface area contributed by atoms with Crippen LogP contribution in [0.3, 0.4) is 0 Å². The lowest BCUT2D eigenvalue weighted by Gasteiger charge is -2.12. The Balaban J connectivity index is 1.52. The van der Waals surface area contributed by atoms with Crippen molar-refractivity contribution in [3.63, 3.8) is 0 Å². The van der Waals surface area contributed by atoms with Gasteiger partial charge in [0.05, 0.1) is 10.0 Å². The van der Waals surface area contributed by atoms with Crippen molar-refractivity contribution in [1.29, 1.82) is 0 Å². The summed E-state index contributed by atoms with van der Waals surface area (Å²) in [6.45, 7) is 0. The topological polar surface area (TPSA) is 75.3 Å². The zero-order valence-electron chi connectivity index (χ0n) is 20.3. The molecule has 39 heavy (non-hydrogen) atoms. The van der Waals surface area contributed by atoms with E-state index in [1.807, 2.05) is 6.07 Å². The summed E-state index contributed by atoms with van der Waals surface area (Å²) in [7, 11) is 0. The molecule has 4 aromatic rings. The van der Waals surface area contributed by atoms with Crippen molar-refractivity contribution >= 4 is 70.2 Å². The van der Waals surface area contributed by atoms with Crippen LogP contribution in [0.25, 0.3) is 12.2 Å². The van der Waals surface area contributed by atoms with Gasteiger partial charge in [-0.1, -0.05) is 83.3 Å². The van der Waals surface area contributed by atoms with Gasteiger partial charge in [0.25, 0.3) is 11.8 Å². The van der Waals surface area contributed by atoms with Gasteiger partial charge in [-0.15, -0.1) is 0 Å². The number of rotatable bonds is 8. The summed E-state index contributed by atoms with van der Waals surface area (Å²) in [5, 5.41) is 6.52. The highest BCUT2D eigenvalue weighted by molar-refractivity contribution is 6.43. The standard InChI is InChI=1S/C31H21Cl3N2O3/c32-24-10-4-6-20(18-24)12-17-28(37)21-13-15-25(16-14-21)35-31(39)27(19-23-9-5-11-26(33)29(23)34)36-30(38)22-7-2-1-3-8-22/h1-19H,(H,35,39)(H,36,38)/b17-12+,27-19-. The molecule has 0 saturated carbocycles. The van der Waals surface area contributed by atoms with Gasteiger partial charge >= 0.3 is 0 Å². The number of amides is 2. The van der Waals surface area contributed by atoms with Crippen LogP contribution >= 0.6 is 34.8 Å². The third-order valence-corrected chi connectivity index (χ3v) is 6.58. The van der Waals surface area contributed by atoms with Crippen LogP contribution in [0.5, 0.6) is 0 Å². The largest absolute Gasteiger partial charge is 0.321 e. The number of carbonyl (C=O) groups is 3. The summed E-state index contributed by atoms with van der Waals surface area (Å²) in [5.74, 6) is -1.27. The lowest BCUT2D eigenvalue weighted by Crippen LogP contribution is -2.30. The number of hydrogen-bond acceptors (Lipinski definition) is 3. The molecule has 0 fully saturated rings. The highest BCUT2D eigenvalue weighted by Crippen LogP contribution is 2.27. The Labute approximate surface area is 240 Å². The maximum absolute atomic E-state index is 13.2. The van der Waals surface area contributed by atoms with E-state index in [1.165, 1.54) is 12.2 Å². The molecule has 0 heterocycles. The Bertz CT molecular complexity index is 1580. The van der Waals surface area contributed by atoms with E-state index in [2.05, 4.69) is 10.6 Å². The van der Waals surface area contributed by atoms with Gasteiger partial charge in [-0.3, -0.25) is 14.4 Å². The molecule has 0 aromatic heterocycles. The maximum atomic E-state index is 13.2. The summed E-state index contributed by atoms with van der Waals surface area (Å²) >= 11 is 18.4. The fourth-order valence-electron chi connectivity index (χ4n) is 3.52. The molecule has 0 radical (unpaired) electrons. The molecule has 4 aromatic carbocycles. The van der Waals surface area contributed by atoms with Gasteiger partial charge in [-0.25, -0.2) is 0 Å². The first-order valence-electron chi connectivity index (χ1n) is 11.7. The lowest BCUT2D eigenvalue weighted by atomic mass is 10.1. The highest BCUT2D eigenvalue weighted by atomic mass is 35.5. The van der Waals surface area contributed by atoms with Crippen LogP contribution in [0.2, 0.25) is 15.1 Å². The van der Waals surface area contributed by atoms with Gasteiger partial charge < -0.3 is 10.6 Å². The molecule has 0 saturated heterocycles. The van der Waals surface area contributed by atoms with Crippen LogP contribution < -0.4 is 10.6 Å². The molecule has 0 atom stereocenters. The Morgan fingerprint density at radius 3 is 2.15 bits per heavy atom. The van der Waals surface area contributed by atoms with Gasteiger partial charge in [0.1, 0.15) is 5.70 Å². The minimum atomic E-state index is -0.588. The quantitative estimate of drug-likeness (QED) is 0.165. The second kappa shape index (κ2) is 13.1. The summed E-state index contributed by atoms with van der Waals surface area (Å²) in [5.41, 5.74) is 2.45. The predicted molar refractivity (Wildman–Crippen MR) is 158 cm³/mol. The van der Waals surface area contributed by atoms with E-state index in [0.717, 1.165) is 5.56 Å². The Morgan fingerprint density at radius 1 is 0.718 bits per heavy atom. The molecule has 5 nitrogen and oxygen atoms in total. The van der Waals surface area contributed by atoms with Crippen LogP contribution in [0.15, 0.2) is 109 Å². The van der Waals surface area contributed by atoms with Crippen molar-refractivity contribution in [1.82, 2.24) is 5.32 Å². The summed E-state index contributed by atoms with van der Waals surface area (Å²) < 4.78 is 0. The van der Waals surface area contributed by atoms with E-state index < -0.39 is 11.8 Å². The first kappa shape index (κ1) is 27.9. The molecule has 0 unspecified atom stereocenters. The molecule has 8 heteroatoms. The number of anilines is 1. The van der Waals surface area contributed by atoms with Crippen molar-refractivity contribution in [2.24, 2.45) is 0 Å². The van der Waals surface area contributed by atoms with Gasteiger partial charge in [0.2, 0.25) is 0 Å². The number of carbonyl (C=O) groups excluding carboxylic acids is 3. The van der Waals surface area contributed by atoms with E-state index in [4.69, 9.17) is 34.8 Å². The molecule has 0 aliphatic carbocycles.